The first kappa shape index (κ1) is 14.3. The smallest absolute Gasteiger partial charge is 0.227 e. The van der Waals surface area contributed by atoms with Crippen molar-refractivity contribution in [3.8, 4) is 5.75 Å². The van der Waals surface area contributed by atoms with E-state index in [1.807, 2.05) is 31.2 Å². The Morgan fingerprint density at radius 3 is 3.17 bits per heavy atom. The van der Waals surface area contributed by atoms with Crippen LogP contribution in [0, 0.1) is 12.8 Å². The number of aryl methyl sites for hydroxylation is 2. The Morgan fingerprint density at radius 2 is 2.26 bits per heavy atom. The Kier molecular flexibility index (Phi) is 3.56. The second-order valence-corrected chi connectivity index (χ2v) is 6.51. The van der Waals surface area contributed by atoms with Crippen molar-refractivity contribution < 1.29 is 9.53 Å². The van der Waals surface area contributed by atoms with Gasteiger partial charge in [0.25, 0.3) is 0 Å². The maximum Gasteiger partial charge on any atom is 0.227 e. The van der Waals surface area contributed by atoms with Gasteiger partial charge in [0.05, 0.1) is 11.6 Å². The SMILES string of the molecule is Cc1cn2c(n1)CCC(NC(=O)C1COc3ccccc3C1)C2. The zero-order valence-electron chi connectivity index (χ0n) is 13.3. The van der Waals surface area contributed by atoms with Crippen LogP contribution in [0.5, 0.6) is 5.75 Å². The molecule has 1 amide bonds. The second-order valence-electron chi connectivity index (χ2n) is 6.51. The maximum absolute atomic E-state index is 12.6. The molecule has 4 rings (SSSR count). The third kappa shape index (κ3) is 2.83. The highest BCUT2D eigenvalue weighted by molar-refractivity contribution is 5.80. The van der Waals surface area contributed by atoms with E-state index in [9.17, 15) is 4.79 Å². The predicted molar refractivity (Wildman–Crippen MR) is 86.3 cm³/mol. The summed E-state index contributed by atoms with van der Waals surface area (Å²) in [4.78, 5) is 17.1. The number of ether oxygens (including phenoxy) is 1. The lowest BCUT2D eigenvalue weighted by Crippen LogP contribution is -2.46. The molecular weight excluding hydrogens is 290 g/mol. The molecule has 0 radical (unpaired) electrons. The molecule has 0 bridgehead atoms. The van der Waals surface area contributed by atoms with Crippen LogP contribution >= 0.6 is 0 Å². The minimum Gasteiger partial charge on any atom is -0.492 e. The number of para-hydroxylation sites is 1. The zero-order chi connectivity index (χ0) is 15.8. The molecule has 2 aliphatic heterocycles. The van der Waals surface area contributed by atoms with Crippen LogP contribution in [-0.4, -0.2) is 28.1 Å². The number of benzene rings is 1. The fraction of sp³-hybridized carbons (Fsp3) is 0.444. The van der Waals surface area contributed by atoms with Crippen molar-refractivity contribution in [1.29, 1.82) is 0 Å². The molecule has 23 heavy (non-hydrogen) atoms. The molecule has 2 unspecified atom stereocenters. The average Bonchev–Trinajstić information content (AvgIpc) is 2.93. The summed E-state index contributed by atoms with van der Waals surface area (Å²) in [5.41, 5.74) is 2.17. The number of imidazole rings is 1. The van der Waals surface area contributed by atoms with Gasteiger partial charge in [-0.3, -0.25) is 4.79 Å². The number of amides is 1. The van der Waals surface area contributed by atoms with Gasteiger partial charge in [-0.05, 0) is 31.4 Å². The van der Waals surface area contributed by atoms with Gasteiger partial charge in [0.15, 0.2) is 0 Å². The third-order valence-electron chi connectivity index (χ3n) is 4.71. The molecule has 1 aromatic heterocycles. The first-order valence-electron chi connectivity index (χ1n) is 8.23. The number of hydrogen-bond donors (Lipinski definition) is 1. The van der Waals surface area contributed by atoms with E-state index in [-0.39, 0.29) is 17.9 Å². The van der Waals surface area contributed by atoms with Crippen molar-refractivity contribution in [2.45, 2.75) is 38.8 Å². The summed E-state index contributed by atoms with van der Waals surface area (Å²) in [7, 11) is 0. The molecule has 120 valence electrons. The number of nitrogens with zero attached hydrogens (tertiary/aromatic N) is 2. The molecule has 5 nitrogen and oxygen atoms in total. The van der Waals surface area contributed by atoms with Gasteiger partial charge in [-0.1, -0.05) is 18.2 Å². The molecule has 0 saturated heterocycles. The van der Waals surface area contributed by atoms with Gasteiger partial charge in [0.2, 0.25) is 5.91 Å². The van der Waals surface area contributed by atoms with Crippen molar-refractivity contribution >= 4 is 5.91 Å². The van der Waals surface area contributed by atoms with Crippen LogP contribution in [0.2, 0.25) is 0 Å². The lowest BCUT2D eigenvalue weighted by molar-refractivity contribution is -0.127. The molecule has 0 saturated carbocycles. The first-order valence-corrected chi connectivity index (χ1v) is 8.23. The monoisotopic (exact) mass is 311 g/mol. The molecule has 2 aromatic rings. The minimum absolute atomic E-state index is 0.101. The van der Waals surface area contributed by atoms with Crippen LogP contribution in [0.3, 0.4) is 0 Å². The fourth-order valence-electron chi connectivity index (χ4n) is 3.52. The number of fused-ring (bicyclic) bond motifs is 2. The van der Waals surface area contributed by atoms with Crippen molar-refractivity contribution in [2.75, 3.05) is 6.61 Å². The third-order valence-corrected chi connectivity index (χ3v) is 4.71. The van der Waals surface area contributed by atoms with Crippen LogP contribution in [0.15, 0.2) is 30.5 Å². The second kappa shape index (κ2) is 5.72. The largest absolute Gasteiger partial charge is 0.492 e. The van der Waals surface area contributed by atoms with E-state index < -0.39 is 0 Å². The van der Waals surface area contributed by atoms with E-state index in [2.05, 4.69) is 21.1 Å². The Labute approximate surface area is 135 Å². The van der Waals surface area contributed by atoms with Crippen LogP contribution in [0.4, 0.5) is 0 Å². The van der Waals surface area contributed by atoms with Gasteiger partial charge in [-0.25, -0.2) is 4.98 Å². The highest BCUT2D eigenvalue weighted by Crippen LogP contribution is 2.27. The Hall–Kier alpha value is -2.30. The molecule has 1 N–H and O–H groups in total. The van der Waals surface area contributed by atoms with Crippen LogP contribution in [-0.2, 0) is 24.2 Å². The lowest BCUT2D eigenvalue weighted by Gasteiger charge is -2.29. The summed E-state index contributed by atoms with van der Waals surface area (Å²) in [5.74, 6) is 2.04. The summed E-state index contributed by atoms with van der Waals surface area (Å²) < 4.78 is 7.89. The van der Waals surface area contributed by atoms with E-state index in [1.54, 1.807) is 0 Å². The number of carbonyl (C=O) groups is 1. The molecule has 1 aromatic carbocycles. The molecule has 0 aliphatic carbocycles. The number of carbonyl (C=O) groups excluding carboxylic acids is 1. The molecule has 2 aliphatic rings. The minimum atomic E-state index is -0.101. The molecule has 5 heteroatoms. The van der Waals surface area contributed by atoms with E-state index in [0.717, 1.165) is 48.6 Å². The molecule has 2 atom stereocenters. The van der Waals surface area contributed by atoms with Crippen LogP contribution < -0.4 is 10.1 Å². The zero-order valence-corrected chi connectivity index (χ0v) is 13.3. The quantitative estimate of drug-likeness (QED) is 0.921. The number of rotatable bonds is 2. The standard InChI is InChI=1S/C18H21N3O2/c1-12-9-21-10-15(6-7-17(21)19-12)20-18(22)14-8-13-4-2-3-5-16(13)23-11-14/h2-5,9,14-15H,6-8,10-11H2,1H3,(H,20,22). The number of nitrogens with one attached hydrogen (secondary N) is 1. The Bertz CT molecular complexity index is 738. The molecule has 0 spiro atoms. The summed E-state index contributed by atoms with van der Waals surface area (Å²) in [6.07, 6.45) is 4.69. The van der Waals surface area contributed by atoms with Gasteiger partial charge in [-0.2, -0.15) is 0 Å². The normalized spacial score (nSPS) is 22.7. The topological polar surface area (TPSA) is 56.2 Å². The highest BCUT2D eigenvalue weighted by Gasteiger charge is 2.28. The van der Waals surface area contributed by atoms with E-state index in [0.29, 0.717) is 6.61 Å². The van der Waals surface area contributed by atoms with Crippen molar-refractivity contribution in [3.63, 3.8) is 0 Å². The van der Waals surface area contributed by atoms with Crippen molar-refractivity contribution in [3.05, 3.63) is 47.5 Å². The van der Waals surface area contributed by atoms with Gasteiger partial charge >= 0.3 is 0 Å². The van der Waals surface area contributed by atoms with E-state index >= 15 is 0 Å². The maximum atomic E-state index is 12.6. The molecule has 0 fully saturated rings. The highest BCUT2D eigenvalue weighted by atomic mass is 16.5. The number of aromatic nitrogens is 2. The Balaban J connectivity index is 1.39. The summed E-state index contributed by atoms with van der Waals surface area (Å²) in [5, 5.41) is 3.20. The van der Waals surface area contributed by atoms with Crippen molar-refractivity contribution in [1.82, 2.24) is 14.9 Å². The average molecular weight is 311 g/mol. The van der Waals surface area contributed by atoms with Gasteiger partial charge in [0.1, 0.15) is 18.2 Å². The van der Waals surface area contributed by atoms with E-state index in [4.69, 9.17) is 4.74 Å². The van der Waals surface area contributed by atoms with Gasteiger partial charge in [0, 0.05) is 25.2 Å². The first-order chi connectivity index (χ1) is 11.2. The van der Waals surface area contributed by atoms with Crippen LogP contribution in [0.1, 0.15) is 23.5 Å². The van der Waals surface area contributed by atoms with Crippen LogP contribution in [0.25, 0.3) is 0 Å². The van der Waals surface area contributed by atoms with E-state index in [1.165, 1.54) is 0 Å². The molecule has 3 heterocycles. The fourth-order valence-corrected chi connectivity index (χ4v) is 3.52. The summed E-state index contributed by atoms with van der Waals surface area (Å²) in [6, 6.07) is 8.14. The molecular formula is C18H21N3O2. The van der Waals surface area contributed by atoms with Gasteiger partial charge < -0.3 is 14.6 Å². The van der Waals surface area contributed by atoms with Gasteiger partial charge in [-0.15, -0.1) is 0 Å². The predicted octanol–water partition coefficient (Wildman–Crippen LogP) is 1.87. The summed E-state index contributed by atoms with van der Waals surface area (Å²) in [6.45, 7) is 3.28. The van der Waals surface area contributed by atoms with Crippen molar-refractivity contribution in [2.24, 2.45) is 5.92 Å². The number of hydrogen-bond acceptors (Lipinski definition) is 3. The summed E-state index contributed by atoms with van der Waals surface area (Å²) >= 11 is 0. The lowest BCUT2D eigenvalue weighted by atomic mass is 9.95. The Morgan fingerprint density at radius 1 is 1.39 bits per heavy atom.